The van der Waals surface area contributed by atoms with Crippen LogP contribution < -0.4 is 0 Å². The van der Waals surface area contributed by atoms with Crippen LogP contribution in [-0.4, -0.2) is 69.6 Å². The molecule has 48 heavy (non-hydrogen) atoms. The number of hydrogen-bond acceptors (Lipinski definition) is 6. The molecule has 1 saturated heterocycles. The van der Waals surface area contributed by atoms with Crippen LogP contribution in [0, 0.1) is 23.7 Å². The molecule has 1 unspecified atom stereocenters. The van der Waals surface area contributed by atoms with Gasteiger partial charge in [-0.3, -0.25) is 4.79 Å². The van der Waals surface area contributed by atoms with Crippen molar-refractivity contribution in [2.45, 2.75) is 156 Å². The normalized spacial score (nSPS) is 21.0. The van der Waals surface area contributed by atoms with Crippen LogP contribution in [0.3, 0.4) is 0 Å². The van der Waals surface area contributed by atoms with E-state index in [9.17, 15) is 14.7 Å². The zero-order chi connectivity index (χ0) is 36.8. The van der Waals surface area contributed by atoms with Gasteiger partial charge in [0.25, 0.3) is 0 Å². The highest BCUT2D eigenvalue weighted by Gasteiger charge is 2.44. The lowest BCUT2D eigenvalue weighted by molar-refractivity contribution is -0.137. The molecule has 1 aliphatic rings. The van der Waals surface area contributed by atoms with Crippen molar-refractivity contribution < 1.29 is 28.3 Å². The first-order valence-electron chi connectivity index (χ1n) is 18.2. The van der Waals surface area contributed by atoms with E-state index < -0.39 is 40.8 Å². The molecule has 0 radical (unpaired) electrons. The Bertz CT molecular complexity index is 1210. The lowest BCUT2D eigenvalue weighted by Crippen LogP contribution is -2.47. The van der Waals surface area contributed by atoms with Crippen LogP contribution in [0.25, 0.3) is 0 Å². The number of ether oxygens (including phenoxy) is 1. The summed E-state index contributed by atoms with van der Waals surface area (Å²) in [6.07, 6.45) is 5.04. The zero-order valence-corrected chi connectivity index (χ0v) is 34.9. The van der Waals surface area contributed by atoms with E-state index in [2.05, 4.69) is 101 Å². The fraction of sp³-hybridized carbons (Fsp3) is 0.744. The summed E-state index contributed by atoms with van der Waals surface area (Å²) in [5.41, 5.74) is 1.03. The molecular formula is C39H69NO6Si2. The molecular weight excluding hydrogens is 635 g/mol. The number of amides is 2. The van der Waals surface area contributed by atoms with Gasteiger partial charge in [-0.25, -0.2) is 9.69 Å². The maximum absolute atomic E-state index is 13.7. The van der Waals surface area contributed by atoms with Crippen molar-refractivity contribution >= 4 is 28.6 Å². The van der Waals surface area contributed by atoms with E-state index in [-0.39, 0.29) is 52.6 Å². The van der Waals surface area contributed by atoms with Crippen LogP contribution in [0.15, 0.2) is 42.5 Å². The molecule has 274 valence electrons. The fourth-order valence-electron chi connectivity index (χ4n) is 5.87. The summed E-state index contributed by atoms with van der Waals surface area (Å²) >= 11 is 0. The summed E-state index contributed by atoms with van der Waals surface area (Å²) in [5, 5.41) is 11.7. The third kappa shape index (κ3) is 11.1. The molecule has 1 aromatic rings. The minimum atomic E-state index is -2.14. The molecule has 8 atom stereocenters. The largest absolute Gasteiger partial charge is 0.447 e. The SMILES string of the molecule is CC[C@@H](O[Si](C)(C)C(C)(C)C)[C@H](C)/C=C/C(O[Si](C)(C)C(C)(C)C)[C@H](C)C[C@H](C)[C@H](O)[C@@H](C)C(=O)N1C(=O)OC[C@H]1Cc1ccccc1. The van der Waals surface area contributed by atoms with E-state index in [4.69, 9.17) is 13.6 Å². The maximum Gasteiger partial charge on any atom is 0.416 e. The molecule has 1 aliphatic heterocycles. The van der Waals surface area contributed by atoms with Gasteiger partial charge in [-0.1, -0.05) is 119 Å². The summed E-state index contributed by atoms with van der Waals surface area (Å²) in [6, 6.07) is 9.39. The van der Waals surface area contributed by atoms with Crippen LogP contribution in [-0.2, 0) is 24.8 Å². The number of cyclic esters (lactones) is 1. The predicted molar refractivity (Wildman–Crippen MR) is 203 cm³/mol. The zero-order valence-electron chi connectivity index (χ0n) is 32.9. The second-order valence-electron chi connectivity index (χ2n) is 17.5. The maximum atomic E-state index is 13.7. The Morgan fingerprint density at radius 1 is 0.938 bits per heavy atom. The first kappa shape index (κ1) is 42.4. The molecule has 1 N–H and O–H groups in total. The molecule has 1 heterocycles. The summed E-state index contributed by atoms with van der Waals surface area (Å²) in [5.74, 6) is -1.05. The highest BCUT2D eigenvalue weighted by molar-refractivity contribution is 6.74. The Morgan fingerprint density at radius 3 is 2.00 bits per heavy atom. The number of rotatable bonds is 16. The monoisotopic (exact) mass is 703 g/mol. The summed E-state index contributed by atoms with van der Waals surface area (Å²) in [7, 11) is -4.07. The van der Waals surface area contributed by atoms with Crippen molar-refractivity contribution in [3.8, 4) is 0 Å². The number of benzene rings is 1. The number of carbonyl (C=O) groups excluding carboxylic acids is 2. The first-order valence-corrected chi connectivity index (χ1v) is 24.0. The molecule has 0 bridgehead atoms. The van der Waals surface area contributed by atoms with Gasteiger partial charge in [0.15, 0.2) is 16.6 Å². The van der Waals surface area contributed by atoms with Gasteiger partial charge in [-0.05, 0) is 78.8 Å². The van der Waals surface area contributed by atoms with Crippen molar-refractivity contribution in [1.82, 2.24) is 4.90 Å². The third-order valence-electron chi connectivity index (χ3n) is 11.4. The summed E-state index contributed by atoms with van der Waals surface area (Å²) in [4.78, 5) is 27.6. The average Bonchev–Trinajstić information content (AvgIpc) is 3.34. The predicted octanol–water partition coefficient (Wildman–Crippen LogP) is 9.62. The van der Waals surface area contributed by atoms with Gasteiger partial charge in [-0.2, -0.15) is 0 Å². The number of nitrogens with zero attached hydrogens (tertiary/aromatic N) is 1. The van der Waals surface area contributed by atoms with E-state index >= 15 is 0 Å². The Hall–Kier alpha value is -1.79. The molecule has 1 aromatic carbocycles. The average molecular weight is 704 g/mol. The molecule has 2 rings (SSSR count). The second-order valence-corrected chi connectivity index (χ2v) is 27.0. The highest BCUT2D eigenvalue weighted by atomic mass is 28.4. The first-order chi connectivity index (χ1) is 21.9. The van der Waals surface area contributed by atoms with Crippen molar-refractivity contribution in [3.05, 3.63) is 48.0 Å². The van der Waals surface area contributed by atoms with E-state index in [1.54, 1.807) is 6.92 Å². The molecule has 0 aliphatic carbocycles. The summed E-state index contributed by atoms with van der Waals surface area (Å²) in [6.45, 7) is 33.3. The van der Waals surface area contributed by atoms with E-state index in [0.29, 0.717) is 12.8 Å². The Labute approximate surface area is 295 Å². The van der Waals surface area contributed by atoms with Gasteiger partial charge in [-0.15, -0.1) is 0 Å². The topological polar surface area (TPSA) is 85.3 Å². The number of carbonyl (C=O) groups is 2. The van der Waals surface area contributed by atoms with Gasteiger partial charge in [0.05, 0.1) is 30.3 Å². The highest BCUT2D eigenvalue weighted by Crippen LogP contribution is 2.40. The third-order valence-corrected chi connectivity index (χ3v) is 20.4. The number of aliphatic hydroxyl groups is 1. The molecule has 1 fully saturated rings. The van der Waals surface area contributed by atoms with Crippen molar-refractivity contribution in [2.75, 3.05) is 6.61 Å². The van der Waals surface area contributed by atoms with Crippen LogP contribution in [0.4, 0.5) is 4.79 Å². The Morgan fingerprint density at radius 2 is 1.48 bits per heavy atom. The number of imide groups is 1. The minimum Gasteiger partial charge on any atom is -0.447 e. The van der Waals surface area contributed by atoms with Crippen LogP contribution >= 0.6 is 0 Å². The van der Waals surface area contributed by atoms with Gasteiger partial charge in [0.1, 0.15) is 6.61 Å². The van der Waals surface area contributed by atoms with Gasteiger partial charge >= 0.3 is 6.09 Å². The van der Waals surface area contributed by atoms with Crippen LogP contribution in [0.2, 0.25) is 36.3 Å². The minimum absolute atomic E-state index is 0.0362. The molecule has 9 heteroatoms. The van der Waals surface area contributed by atoms with Crippen molar-refractivity contribution in [2.24, 2.45) is 23.7 Å². The number of hydrogen-bond donors (Lipinski definition) is 1. The molecule has 0 spiro atoms. The lowest BCUT2D eigenvalue weighted by Gasteiger charge is -2.41. The molecule has 7 nitrogen and oxygen atoms in total. The van der Waals surface area contributed by atoms with E-state index in [1.165, 1.54) is 4.90 Å². The van der Waals surface area contributed by atoms with Gasteiger partial charge in [0.2, 0.25) is 5.91 Å². The molecule has 0 aromatic heterocycles. The second kappa shape index (κ2) is 16.9. The standard InChI is InChI=1S/C39H69NO6Si2/c1-16-33(45-47(12,13)38(6,7)8)27(2)22-23-34(46-48(14,15)39(9,10)11)28(3)24-29(4)35(41)30(5)36(42)40-32(26-44-37(40)43)25-31-20-18-17-19-21-31/h17-23,27-30,32-35,41H,16,24-26H2,1-15H3/b23-22+/t27-,28-,29+,30-,32-,33-,34?,35+/m1/s1. The van der Waals surface area contributed by atoms with Crippen molar-refractivity contribution in [3.63, 3.8) is 0 Å². The van der Waals surface area contributed by atoms with E-state index in [1.807, 2.05) is 37.3 Å². The van der Waals surface area contributed by atoms with Gasteiger partial charge in [0, 0.05) is 0 Å². The Kier molecular flexibility index (Phi) is 15.0. The smallest absolute Gasteiger partial charge is 0.416 e. The molecule has 2 amide bonds. The molecule has 0 saturated carbocycles. The van der Waals surface area contributed by atoms with Crippen LogP contribution in [0.1, 0.15) is 94.6 Å². The van der Waals surface area contributed by atoms with Crippen LogP contribution in [0.5, 0.6) is 0 Å². The number of aliphatic hydroxyl groups excluding tert-OH is 1. The Balaban J connectivity index is 2.23. The van der Waals surface area contributed by atoms with E-state index in [0.717, 1.165) is 12.0 Å². The lowest BCUT2D eigenvalue weighted by atomic mass is 9.84. The fourth-order valence-corrected chi connectivity index (χ4v) is 8.71. The van der Waals surface area contributed by atoms with Gasteiger partial charge < -0.3 is 18.7 Å². The quantitative estimate of drug-likeness (QED) is 0.136. The van der Waals surface area contributed by atoms with Crippen molar-refractivity contribution in [1.29, 1.82) is 0 Å². The summed E-state index contributed by atoms with van der Waals surface area (Å²) < 4.78 is 19.2.